The Kier molecular flexibility index (Phi) is 7.14. The van der Waals surface area contributed by atoms with Gasteiger partial charge in [-0.25, -0.2) is 10.2 Å². The van der Waals surface area contributed by atoms with Crippen LogP contribution in [0.25, 0.3) is 0 Å². The molecule has 0 radical (unpaired) electrons. The van der Waals surface area contributed by atoms with Crippen molar-refractivity contribution in [3.8, 4) is 5.75 Å². The zero-order valence-corrected chi connectivity index (χ0v) is 21.0. The van der Waals surface area contributed by atoms with E-state index in [2.05, 4.69) is 15.7 Å². The summed E-state index contributed by atoms with van der Waals surface area (Å²) in [5.41, 5.74) is 5.80. The molecule has 0 aliphatic carbocycles. The molecule has 4 aromatic rings. The maximum atomic E-state index is 13.5. The van der Waals surface area contributed by atoms with Crippen molar-refractivity contribution in [2.75, 3.05) is 5.32 Å². The van der Waals surface area contributed by atoms with E-state index in [1.54, 1.807) is 61.1 Å². The first-order valence-electron chi connectivity index (χ1n) is 11.6. The molecule has 1 aliphatic rings. The van der Waals surface area contributed by atoms with Crippen LogP contribution in [0.3, 0.4) is 0 Å². The zero-order chi connectivity index (χ0) is 25.9. The van der Waals surface area contributed by atoms with Gasteiger partial charge in [-0.05, 0) is 47.9 Å². The lowest BCUT2D eigenvalue weighted by atomic mass is 9.97. The summed E-state index contributed by atoms with van der Waals surface area (Å²) in [6.45, 7) is 0.255. The highest BCUT2D eigenvalue weighted by Crippen LogP contribution is 2.40. The highest BCUT2D eigenvalue weighted by atomic mass is 35.5. The van der Waals surface area contributed by atoms with Crippen LogP contribution in [0.1, 0.15) is 35.2 Å². The van der Waals surface area contributed by atoms with E-state index in [4.69, 9.17) is 23.2 Å². The van der Waals surface area contributed by atoms with Crippen LogP contribution in [0.15, 0.2) is 90.1 Å². The zero-order valence-electron chi connectivity index (χ0n) is 19.5. The number of benzene rings is 2. The van der Waals surface area contributed by atoms with Crippen LogP contribution in [0, 0.1) is 0 Å². The van der Waals surface area contributed by atoms with Gasteiger partial charge in [0.05, 0.1) is 34.4 Å². The Morgan fingerprint density at radius 1 is 1.08 bits per heavy atom. The number of phenolic OH excluding ortho intramolecular Hbond substituents is 1. The monoisotopic (exact) mass is 535 g/mol. The van der Waals surface area contributed by atoms with Gasteiger partial charge in [-0.3, -0.25) is 14.8 Å². The van der Waals surface area contributed by atoms with Crippen molar-refractivity contribution in [1.82, 2.24) is 20.0 Å². The molecule has 2 unspecified atom stereocenters. The van der Waals surface area contributed by atoms with Crippen molar-refractivity contribution >= 4 is 34.9 Å². The first-order valence-corrected chi connectivity index (χ1v) is 12.3. The van der Waals surface area contributed by atoms with E-state index >= 15 is 0 Å². The fourth-order valence-electron chi connectivity index (χ4n) is 4.41. The Bertz CT molecular complexity index is 1500. The van der Waals surface area contributed by atoms with E-state index in [9.17, 15) is 14.7 Å². The normalized spacial score (nSPS) is 17.1. The molecule has 1 fully saturated rings. The minimum absolute atomic E-state index is 0.106. The first-order chi connectivity index (χ1) is 17.9. The first kappa shape index (κ1) is 24.8. The average Bonchev–Trinajstić information content (AvgIpc) is 3.34. The number of nitrogens with one attached hydrogen (secondary N) is 2. The molecular weight excluding hydrogens is 513 g/mol. The molecule has 10 heteroatoms. The second-order valence-corrected chi connectivity index (χ2v) is 9.53. The fraction of sp³-hybridized carbons (Fsp3) is 0.148. The average molecular weight is 536 g/mol. The van der Waals surface area contributed by atoms with Crippen LogP contribution in [0.4, 0.5) is 10.5 Å². The second-order valence-electron chi connectivity index (χ2n) is 8.71. The van der Waals surface area contributed by atoms with Gasteiger partial charge in [0.25, 0.3) is 5.56 Å². The summed E-state index contributed by atoms with van der Waals surface area (Å²) in [4.78, 5) is 30.1. The number of pyridine rings is 2. The number of aromatic nitrogens is 2. The summed E-state index contributed by atoms with van der Waals surface area (Å²) in [6.07, 6.45) is 5.55. The smallest absolute Gasteiger partial charge is 0.336 e. The van der Waals surface area contributed by atoms with Crippen molar-refractivity contribution in [1.29, 1.82) is 0 Å². The van der Waals surface area contributed by atoms with Gasteiger partial charge in [0, 0.05) is 30.2 Å². The van der Waals surface area contributed by atoms with Crippen molar-refractivity contribution in [2.24, 2.45) is 0 Å². The molecule has 1 aliphatic heterocycles. The maximum Gasteiger partial charge on any atom is 0.336 e. The van der Waals surface area contributed by atoms with Gasteiger partial charge >= 0.3 is 6.03 Å². The Morgan fingerprint density at radius 2 is 1.92 bits per heavy atom. The van der Waals surface area contributed by atoms with Gasteiger partial charge in [0.1, 0.15) is 5.75 Å². The van der Waals surface area contributed by atoms with Crippen LogP contribution in [-0.4, -0.2) is 25.7 Å². The van der Waals surface area contributed by atoms with Crippen LogP contribution in [0.5, 0.6) is 5.75 Å². The molecule has 0 bridgehead atoms. The highest BCUT2D eigenvalue weighted by molar-refractivity contribution is 6.42. The molecule has 37 heavy (non-hydrogen) atoms. The molecule has 0 saturated carbocycles. The van der Waals surface area contributed by atoms with Crippen molar-refractivity contribution in [3.63, 3.8) is 0 Å². The highest BCUT2D eigenvalue weighted by Gasteiger charge is 2.38. The summed E-state index contributed by atoms with van der Waals surface area (Å²) >= 11 is 12.1. The Hall–Kier alpha value is -3.85. The van der Waals surface area contributed by atoms with Crippen LogP contribution in [-0.2, 0) is 6.54 Å². The quantitative estimate of drug-likeness (QED) is 0.312. The van der Waals surface area contributed by atoms with E-state index in [1.807, 2.05) is 18.2 Å². The third kappa shape index (κ3) is 5.46. The predicted molar refractivity (Wildman–Crippen MR) is 143 cm³/mol. The van der Waals surface area contributed by atoms with E-state index in [-0.39, 0.29) is 23.9 Å². The number of anilines is 1. The summed E-state index contributed by atoms with van der Waals surface area (Å²) in [5.74, 6) is 0.106. The lowest BCUT2D eigenvalue weighted by Crippen LogP contribution is -2.42. The number of aromatic hydroxyl groups is 1. The topological polar surface area (TPSA) is 99.5 Å². The molecule has 2 amide bonds. The van der Waals surface area contributed by atoms with Gasteiger partial charge in [-0.2, -0.15) is 0 Å². The van der Waals surface area contributed by atoms with Crippen LogP contribution in [0.2, 0.25) is 10.0 Å². The summed E-state index contributed by atoms with van der Waals surface area (Å²) in [5, 5.41) is 15.7. The number of hydrogen-bond acceptors (Lipinski definition) is 5. The van der Waals surface area contributed by atoms with Gasteiger partial charge in [0.2, 0.25) is 0 Å². The van der Waals surface area contributed by atoms with E-state index < -0.39 is 12.1 Å². The molecule has 2 atom stereocenters. The molecule has 8 nitrogen and oxygen atoms in total. The number of hydrogen-bond donors (Lipinski definition) is 3. The third-order valence-electron chi connectivity index (χ3n) is 6.24. The number of carbonyl (C=O) groups is 1. The van der Waals surface area contributed by atoms with Crippen molar-refractivity contribution in [3.05, 3.63) is 122 Å². The lowest BCUT2D eigenvalue weighted by Gasteiger charge is -2.25. The van der Waals surface area contributed by atoms with E-state index in [1.165, 1.54) is 15.6 Å². The molecular formula is C27H23Cl2N5O3. The van der Waals surface area contributed by atoms with Gasteiger partial charge < -0.3 is 15.0 Å². The summed E-state index contributed by atoms with van der Waals surface area (Å²) in [7, 11) is 0. The molecule has 5 rings (SSSR count). The Morgan fingerprint density at radius 3 is 2.68 bits per heavy atom. The largest absolute Gasteiger partial charge is 0.508 e. The van der Waals surface area contributed by atoms with Gasteiger partial charge in [-0.15, -0.1) is 0 Å². The van der Waals surface area contributed by atoms with E-state index in [0.717, 1.165) is 11.1 Å². The Balaban J connectivity index is 1.39. The number of carbonyl (C=O) groups excluding carboxylic acids is 1. The number of para-hydroxylation sites is 1. The summed E-state index contributed by atoms with van der Waals surface area (Å²) in [6, 6.07) is 17.8. The third-order valence-corrected chi connectivity index (χ3v) is 6.98. The molecule has 188 valence electrons. The number of rotatable bonds is 5. The van der Waals surface area contributed by atoms with Gasteiger partial charge in [0.15, 0.2) is 0 Å². The molecule has 0 spiro atoms. The van der Waals surface area contributed by atoms with E-state index in [0.29, 0.717) is 27.7 Å². The maximum absolute atomic E-state index is 13.5. The Labute approximate surface area is 223 Å². The summed E-state index contributed by atoms with van der Waals surface area (Å²) < 4.78 is 1.48. The fourth-order valence-corrected chi connectivity index (χ4v) is 4.74. The molecule has 1 saturated heterocycles. The van der Waals surface area contributed by atoms with Crippen LogP contribution < -0.4 is 16.3 Å². The molecule has 3 heterocycles. The standard InChI is InChI=1S/C27H23Cl2N5O3/c28-21-9-7-17(12-22(21)29)15-33-16-19(8-10-26(33)36)31-27(37)34-24(20-5-1-2-6-25(20)35)13-23(32-34)18-4-3-11-30-14-18/h1-12,14,16,23-24,32,35H,13,15H2,(H,31,37). The molecule has 3 N–H and O–H groups in total. The number of phenols is 1. The second kappa shape index (κ2) is 10.6. The number of nitrogens with zero attached hydrogens (tertiary/aromatic N) is 3. The molecule has 2 aromatic carbocycles. The number of halogens is 2. The predicted octanol–water partition coefficient (Wildman–Crippen LogP) is 5.53. The van der Waals surface area contributed by atoms with Crippen molar-refractivity contribution in [2.45, 2.75) is 25.0 Å². The van der Waals surface area contributed by atoms with Crippen LogP contribution >= 0.6 is 23.2 Å². The van der Waals surface area contributed by atoms with Crippen molar-refractivity contribution < 1.29 is 9.90 Å². The number of amides is 2. The minimum Gasteiger partial charge on any atom is -0.508 e. The minimum atomic E-state index is -0.437. The molecule has 2 aromatic heterocycles. The number of urea groups is 1. The lowest BCUT2D eigenvalue weighted by molar-refractivity contribution is 0.179. The van der Waals surface area contributed by atoms with Gasteiger partial charge in [-0.1, -0.05) is 53.5 Å². The SMILES string of the molecule is O=C(Nc1ccc(=O)n(Cc2ccc(Cl)c(Cl)c2)c1)N1NC(c2cccnc2)CC1c1ccccc1O. The number of hydrazine groups is 1.